The van der Waals surface area contributed by atoms with Crippen LogP contribution in [-0.4, -0.2) is 70.2 Å². The van der Waals surface area contributed by atoms with Crippen LogP contribution in [-0.2, 0) is 15.5 Å². The summed E-state index contributed by atoms with van der Waals surface area (Å²) in [6.07, 6.45) is 2.14. The van der Waals surface area contributed by atoms with Gasteiger partial charge < -0.3 is 14.9 Å². The van der Waals surface area contributed by atoms with Gasteiger partial charge in [-0.15, -0.1) is 0 Å². The van der Waals surface area contributed by atoms with Gasteiger partial charge in [0.15, 0.2) is 0 Å². The van der Waals surface area contributed by atoms with E-state index in [2.05, 4.69) is 10.9 Å². The zero-order valence-corrected chi connectivity index (χ0v) is 13.7. The van der Waals surface area contributed by atoms with Crippen LogP contribution in [0.5, 0.6) is 0 Å². The lowest BCUT2D eigenvalue weighted by Crippen LogP contribution is -2.56. The molecule has 7 nitrogen and oxygen atoms in total. The zero-order valence-electron chi connectivity index (χ0n) is 12.9. The molecule has 122 valence electrons. The van der Waals surface area contributed by atoms with E-state index in [1.54, 1.807) is 12.2 Å². The van der Waals surface area contributed by atoms with E-state index in [0.717, 1.165) is 0 Å². The molecule has 8 heteroatoms. The van der Waals surface area contributed by atoms with E-state index in [9.17, 15) is 9.32 Å². The molecule has 3 unspecified atom stereocenters. The average Bonchev–Trinajstić information content (AvgIpc) is 2.40. The van der Waals surface area contributed by atoms with Gasteiger partial charge in [0.2, 0.25) is 0 Å². The molecule has 0 rings (SSSR count). The first-order valence-corrected chi connectivity index (χ1v) is 8.39. The molecule has 3 atom stereocenters. The SMILES string of the molecule is CCNN(NCCO)C(C)CC(O)(CCOC)S(C)=O. The second-order valence-electron chi connectivity index (χ2n) is 4.71. The van der Waals surface area contributed by atoms with Crippen LogP contribution in [0.2, 0.25) is 0 Å². The molecule has 20 heavy (non-hydrogen) atoms. The normalized spacial score (nSPS) is 17.9. The first kappa shape index (κ1) is 19.9. The van der Waals surface area contributed by atoms with Gasteiger partial charge in [-0.25, -0.2) is 10.9 Å². The third-order valence-corrected chi connectivity index (χ3v) is 4.45. The number of hydrogen-bond donors (Lipinski definition) is 4. The monoisotopic (exact) mass is 311 g/mol. The number of nitrogens with zero attached hydrogens (tertiary/aromatic N) is 1. The molecule has 0 aliphatic carbocycles. The summed E-state index contributed by atoms with van der Waals surface area (Å²) in [5.41, 5.74) is 6.12. The topological polar surface area (TPSA) is 94.1 Å². The quantitative estimate of drug-likeness (QED) is 0.350. The Balaban J connectivity index is 4.67. The molecule has 0 fully saturated rings. The molecule has 0 radical (unpaired) electrons. The fourth-order valence-electron chi connectivity index (χ4n) is 1.89. The van der Waals surface area contributed by atoms with E-state index in [-0.39, 0.29) is 12.6 Å². The average molecular weight is 311 g/mol. The fraction of sp³-hybridized carbons (Fsp3) is 1.00. The Morgan fingerprint density at radius 1 is 1.45 bits per heavy atom. The molecule has 0 saturated heterocycles. The lowest BCUT2D eigenvalue weighted by atomic mass is 10.1. The van der Waals surface area contributed by atoms with Crippen molar-refractivity contribution in [2.45, 2.75) is 37.7 Å². The molecule has 0 amide bonds. The van der Waals surface area contributed by atoms with Gasteiger partial charge in [-0.1, -0.05) is 6.92 Å². The van der Waals surface area contributed by atoms with Crippen LogP contribution in [0.1, 0.15) is 26.7 Å². The van der Waals surface area contributed by atoms with E-state index in [1.807, 2.05) is 13.8 Å². The molecule has 0 bridgehead atoms. The number of hydrogen-bond acceptors (Lipinski definition) is 7. The summed E-state index contributed by atoms with van der Waals surface area (Å²) >= 11 is 0. The van der Waals surface area contributed by atoms with Gasteiger partial charge in [0.1, 0.15) is 4.93 Å². The number of nitrogens with one attached hydrogen (secondary N) is 2. The zero-order chi connectivity index (χ0) is 15.6. The Morgan fingerprint density at radius 2 is 2.10 bits per heavy atom. The molecule has 0 aromatic rings. The van der Waals surface area contributed by atoms with Crippen molar-refractivity contribution in [3.8, 4) is 0 Å². The number of methoxy groups -OCH3 is 1. The first-order chi connectivity index (χ1) is 9.41. The predicted molar refractivity (Wildman–Crippen MR) is 80.2 cm³/mol. The van der Waals surface area contributed by atoms with E-state index < -0.39 is 15.7 Å². The molecule has 0 heterocycles. The highest BCUT2D eigenvalue weighted by Gasteiger charge is 2.34. The molecule has 0 spiro atoms. The molecule has 0 aromatic carbocycles. The minimum atomic E-state index is -1.37. The van der Waals surface area contributed by atoms with Crippen LogP contribution in [0.3, 0.4) is 0 Å². The van der Waals surface area contributed by atoms with Crippen molar-refractivity contribution in [2.24, 2.45) is 0 Å². The van der Waals surface area contributed by atoms with E-state index in [0.29, 0.717) is 32.5 Å². The first-order valence-electron chi connectivity index (χ1n) is 6.83. The maximum atomic E-state index is 11.8. The van der Waals surface area contributed by atoms with Gasteiger partial charge in [-0.3, -0.25) is 4.21 Å². The largest absolute Gasteiger partial charge is 0.395 e. The van der Waals surface area contributed by atoms with E-state index >= 15 is 0 Å². The number of rotatable bonds is 12. The molecule has 0 aromatic heterocycles. The highest BCUT2D eigenvalue weighted by molar-refractivity contribution is 7.85. The Morgan fingerprint density at radius 3 is 2.55 bits per heavy atom. The summed E-state index contributed by atoms with van der Waals surface area (Å²) in [5, 5.41) is 21.1. The summed E-state index contributed by atoms with van der Waals surface area (Å²) in [6, 6.07) is -0.104. The van der Waals surface area contributed by atoms with Gasteiger partial charge in [-0.2, -0.15) is 5.12 Å². The summed E-state index contributed by atoms with van der Waals surface area (Å²) in [6.45, 7) is 5.35. The van der Waals surface area contributed by atoms with Gasteiger partial charge >= 0.3 is 0 Å². The minimum absolute atomic E-state index is 0.0161. The van der Waals surface area contributed by atoms with Crippen molar-refractivity contribution in [1.82, 2.24) is 16.0 Å². The van der Waals surface area contributed by atoms with Crippen LogP contribution in [0.4, 0.5) is 0 Å². The lowest BCUT2D eigenvalue weighted by Gasteiger charge is -2.35. The number of aliphatic hydroxyl groups excluding tert-OH is 1. The third kappa shape index (κ3) is 7.07. The van der Waals surface area contributed by atoms with Gasteiger partial charge in [0.05, 0.1) is 17.4 Å². The van der Waals surface area contributed by atoms with Crippen LogP contribution in [0.15, 0.2) is 0 Å². The summed E-state index contributed by atoms with van der Waals surface area (Å²) < 4.78 is 16.8. The van der Waals surface area contributed by atoms with Crippen molar-refractivity contribution < 1.29 is 19.2 Å². The maximum absolute atomic E-state index is 11.8. The van der Waals surface area contributed by atoms with Crippen LogP contribution in [0, 0.1) is 0 Å². The molecular weight excluding hydrogens is 282 g/mol. The molecule has 4 N–H and O–H groups in total. The van der Waals surface area contributed by atoms with Crippen LogP contribution < -0.4 is 10.9 Å². The van der Waals surface area contributed by atoms with Crippen molar-refractivity contribution in [3.05, 3.63) is 0 Å². The highest BCUT2D eigenvalue weighted by atomic mass is 32.2. The molecule has 0 saturated carbocycles. The minimum Gasteiger partial charge on any atom is -0.395 e. The van der Waals surface area contributed by atoms with Gasteiger partial charge in [0.25, 0.3) is 0 Å². The van der Waals surface area contributed by atoms with Crippen LogP contribution >= 0.6 is 0 Å². The Hall–Kier alpha value is -0.0900. The Kier molecular flexibility index (Phi) is 10.6. The smallest absolute Gasteiger partial charge is 0.142 e. The molecule has 0 aliphatic heterocycles. The number of hydrazine groups is 2. The van der Waals surface area contributed by atoms with Crippen LogP contribution in [0.25, 0.3) is 0 Å². The maximum Gasteiger partial charge on any atom is 0.142 e. The summed E-state index contributed by atoms with van der Waals surface area (Å²) in [7, 11) is 0.179. The van der Waals surface area contributed by atoms with Crippen molar-refractivity contribution in [3.63, 3.8) is 0 Å². The van der Waals surface area contributed by atoms with Crippen molar-refractivity contribution in [1.29, 1.82) is 0 Å². The van der Waals surface area contributed by atoms with E-state index in [1.165, 1.54) is 6.26 Å². The highest BCUT2D eigenvalue weighted by Crippen LogP contribution is 2.22. The Bertz CT molecular complexity index is 283. The summed E-state index contributed by atoms with van der Waals surface area (Å²) in [4.78, 5) is -1.29. The van der Waals surface area contributed by atoms with Gasteiger partial charge in [0, 0.05) is 51.9 Å². The van der Waals surface area contributed by atoms with E-state index in [4.69, 9.17) is 9.84 Å². The number of ether oxygens (including phenoxy) is 1. The number of aliphatic hydroxyl groups is 2. The standard InChI is InChI=1S/C12H29N3O4S/c1-5-13-15(14-7-8-16)11(2)10-12(17,20(4)18)6-9-19-3/h11,13-14,16-17H,5-10H2,1-4H3. The summed E-state index contributed by atoms with van der Waals surface area (Å²) in [5.74, 6) is 0. The van der Waals surface area contributed by atoms with Gasteiger partial charge in [-0.05, 0) is 6.92 Å². The fourth-order valence-corrected chi connectivity index (χ4v) is 2.73. The molecule has 0 aliphatic rings. The second kappa shape index (κ2) is 10.6. The predicted octanol–water partition coefficient (Wildman–Crippen LogP) is -0.808. The second-order valence-corrected chi connectivity index (χ2v) is 6.38. The van der Waals surface area contributed by atoms with Crippen molar-refractivity contribution in [2.75, 3.05) is 39.7 Å². The Labute approximate surface area is 124 Å². The lowest BCUT2D eigenvalue weighted by molar-refractivity contribution is 0.00674. The third-order valence-electron chi connectivity index (χ3n) is 3.01. The molecular formula is C12H29N3O4S. The van der Waals surface area contributed by atoms with Crippen molar-refractivity contribution >= 4 is 10.8 Å².